The predicted octanol–water partition coefficient (Wildman–Crippen LogP) is 1.87. The predicted molar refractivity (Wildman–Crippen MR) is 120 cm³/mol. The number of guanidine groups is 1. The molecular weight excluding hydrogens is 499 g/mol. The molecule has 152 valence electrons. The average molecular weight is 526 g/mol. The zero-order valence-electron chi connectivity index (χ0n) is 15.9. The van der Waals surface area contributed by atoms with Crippen molar-refractivity contribution in [3.8, 4) is 0 Å². The van der Waals surface area contributed by atoms with E-state index < -0.39 is 10.0 Å². The zero-order valence-corrected chi connectivity index (χ0v) is 19.9. The summed E-state index contributed by atoms with van der Waals surface area (Å²) in [6, 6.07) is 1.57. The van der Waals surface area contributed by atoms with Crippen molar-refractivity contribution >= 4 is 51.3 Å². The molecular formula is C16H27IN6O2S2. The fourth-order valence-corrected chi connectivity index (χ4v) is 4.12. The van der Waals surface area contributed by atoms with Gasteiger partial charge in [-0.15, -0.1) is 35.3 Å². The van der Waals surface area contributed by atoms with Crippen molar-refractivity contribution in [1.29, 1.82) is 0 Å². The highest BCUT2D eigenvalue weighted by molar-refractivity contribution is 14.0. The minimum Gasteiger partial charge on any atom is -0.356 e. The molecule has 3 N–H and O–H groups in total. The molecule has 0 bridgehead atoms. The fourth-order valence-electron chi connectivity index (χ4n) is 2.14. The van der Waals surface area contributed by atoms with Gasteiger partial charge in [-0.05, 0) is 12.0 Å². The van der Waals surface area contributed by atoms with Crippen molar-refractivity contribution in [2.45, 2.75) is 31.2 Å². The quantitative estimate of drug-likeness (QED) is 0.211. The van der Waals surface area contributed by atoms with Crippen LogP contribution in [0.4, 0.5) is 0 Å². The molecule has 0 unspecified atom stereocenters. The lowest BCUT2D eigenvalue weighted by molar-refractivity contribution is 0.580. The topological polar surface area (TPSA) is 100 Å². The summed E-state index contributed by atoms with van der Waals surface area (Å²) in [5, 5.41) is 9.31. The van der Waals surface area contributed by atoms with E-state index >= 15 is 0 Å². The first-order chi connectivity index (χ1) is 12.3. The lowest BCUT2D eigenvalue weighted by atomic mass is 10.2. The Balaban J connectivity index is 0.00000364. The highest BCUT2D eigenvalue weighted by Gasteiger charge is 2.14. The number of aliphatic imine (C=N–C) groups is 1. The molecule has 8 nitrogen and oxygen atoms in total. The van der Waals surface area contributed by atoms with Gasteiger partial charge in [0.05, 0.1) is 17.1 Å². The number of nitrogens with one attached hydrogen (secondary N) is 3. The van der Waals surface area contributed by atoms with Gasteiger partial charge in [-0.1, -0.05) is 13.8 Å². The van der Waals surface area contributed by atoms with E-state index in [2.05, 4.69) is 44.6 Å². The lowest BCUT2D eigenvalue weighted by Crippen LogP contribution is -2.41. The average Bonchev–Trinajstić information content (AvgIpc) is 3.23. The van der Waals surface area contributed by atoms with E-state index in [-0.39, 0.29) is 35.4 Å². The summed E-state index contributed by atoms with van der Waals surface area (Å²) < 4.78 is 28.5. The summed E-state index contributed by atoms with van der Waals surface area (Å²) in [5.41, 5.74) is 1.09. The van der Waals surface area contributed by atoms with Gasteiger partial charge in [-0.3, -0.25) is 4.99 Å². The van der Waals surface area contributed by atoms with E-state index in [0.717, 1.165) is 10.7 Å². The van der Waals surface area contributed by atoms with Crippen molar-refractivity contribution in [1.82, 2.24) is 24.9 Å². The highest BCUT2D eigenvalue weighted by Crippen LogP contribution is 2.17. The van der Waals surface area contributed by atoms with Crippen LogP contribution in [0.15, 0.2) is 33.7 Å². The Bertz CT molecular complexity index is 845. The lowest BCUT2D eigenvalue weighted by Gasteiger charge is -2.11. The monoisotopic (exact) mass is 526 g/mol. The summed E-state index contributed by atoms with van der Waals surface area (Å²) in [6.45, 7) is 5.48. The minimum atomic E-state index is -3.48. The SMILES string of the molecule is CN=C(NCCNS(=O)(=O)c1ccn(C)c1)NCc1nc(C(C)C)cs1.I. The van der Waals surface area contributed by atoms with Gasteiger partial charge in [-0.2, -0.15) is 0 Å². The van der Waals surface area contributed by atoms with E-state index in [9.17, 15) is 8.42 Å². The van der Waals surface area contributed by atoms with E-state index in [4.69, 9.17) is 0 Å². The Morgan fingerprint density at radius 3 is 2.63 bits per heavy atom. The molecule has 0 aromatic carbocycles. The van der Waals surface area contributed by atoms with Gasteiger partial charge in [0.2, 0.25) is 10.0 Å². The third kappa shape index (κ3) is 7.39. The molecule has 0 amide bonds. The van der Waals surface area contributed by atoms with Gasteiger partial charge >= 0.3 is 0 Å². The summed E-state index contributed by atoms with van der Waals surface area (Å²) in [4.78, 5) is 8.95. The molecule has 0 saturated carbocycles. The molecule has 2 aromatic heterocycles. The highest BCUT2D eigenvalue weighted by atomic mass is 127. The van der Waals surface area contributed by atoms with E-state index in [1.165, 1.54) is 0 Å². The molecule has 0 atom stereocenters. The number of thiazole rings is 1. The van der Waals surface area contributed by atoms with Crippen LogP contribution in [0.2, 0.25) is 0 Å². The van der Waals surface area contributed by atoms with Crippen LogP contribution in [0.1, 0.15) is 30.5 Å². The number of halogens is 1. The van der Waals surface area contributed by atoms with Crippen molar-refractivity contribution in [2.24, 2.45) is 12.0 Å². The number of hydrogen-bond acceptors (Lipinski definition) is 5. The van der Waals surface area contributed by atoms with Gasteiger partial charge in [0, 0.05) is 45.0 Å². The number of aryl methyl sites for hydroxylation is 1. The van der Waals surface area contributed by atoms with Crippen LogP contribution in [-0.2, 0) is 23.6 Å². The minimum absolute atomic E-state index is 0. The second-order valence-corrected chi connectivity index (χ2v) is 8.79. The van der Waals surface area contributed by atoms with Crippen LogP contribution in [0.25, 0.3) is 0 Å². The number of hydrogen-bond donors (Lipinski definition) is 3. The molecule has 27 heavy (non-hydrogen) atoms. The number of aromatic nitrogens is 2. The second kappa shape index (κ2) is 11.0. The Morgan fingerprint density at radius 1 is 1.33 bits per heavy atom. The molecule has 2 aromatic rings. The smallest absolute Gasteiger partial charge is 0.242 e. The van der Waals surface area contributed by atoms with E-state index in [0.29, 0.717) is 25.0 Å². The first kappa shape index (κ1) is 23.9. The number of rotatable bonds is 8. The first-order valence-corrected chi connectivity index (χ1v) is 10.7. The largest absolute Gasteiger partial charge is 0.356 e. The van der Waals surface area contributed by atoms with Crippen LogP contribution < -0.4 is 15.4 Å². The molecule has 0 aliphatic carbocycles. The molecule has 0 saturated heterocycles. The summed E-state index contributed by atoms with van der Waals surface area (Å²) in [7, 11) is -0.0322. The van der Waals surface area contributed by atoms with Crippen molar-refractivity contribution in [3.05, 3.63) is 34.5 Å². The molecule has 0 fully saturated rings. The van der Waals surface area contributed by atoms with Crippen LogP contribution in [0.5, 0.6) is 0 Å². The Kier molecular flexibility index (Phi) is 9.70. The first-order valence-electron chi connectivity index (χ1n) is 8.32. The van der Waals surface area contributed by atoms with Gasteiger partial charge < -0.3 is 15.2 Å². The Morgan fingerprint density at radius 2 is 2.07 bits per heavy atom. The normalized spacial score (nSPS) is 12.1. The fraction of sp³-hybridized carbons (Fsp3) is 0.500. The van der Waals surface area contributed by atoms with Gasteiger partial charge in [0.25, 0.3) is 0 Å². The summed E-state index contributed by atoms with van der Waals surface area (Å²) in [6.07, 6.45) is 3.26. The van der Waals surface area contributed by atoms with Crippen molar-refractivity contribution in [2.75, 3.05) is 20.1 Å². The standard InChI is InChI=1S/C16H26N6O2S2.HI/c1-12(2)14-11-25-15(21-14)9-19-16(17-3)18-6-7-20-26(23,24)13-5-8-22(4)10-13;/h5,8,10-12,20H,6-7,9H2,1-4H3,(H2,17,18,19);1H. The number of nitrogens with zero attached hydrogens (tertiary/aromatic N) is 3. The summed E-state index contributed by atoms with van der Waals surface area (Å²) in [5.74, 6) is 1.01. The van der Waals surface area contributed by atoms with Crippen LogP contribution >= 0.6 is 35.3 Å². The molecule has 0 aliphatic heterocycles. The van der Waals surface area contributed by atoms with Crippen LogP contribution in [0.3, 0.4) is 0 Å². The van der Waals surface area contributed by atoms with E-state index in [1.54, 1.807) is 48.5 Å². The maximum absolute atomic E-state index is 12.1. The third-order valence-corrected chi connectivity index (χ3v) is 5.93. The molecule has 2 rings (SSSR count). The maximum atomic E-state index is 12.1. The molecule has 0 spiro atoms. The summed E-state index contributed by atoms with van der Waals surface area (Å²) >= 11 is 1.61. The van der Waals surface area contributed by atoms with Crippen molar-refractivity contribution in [3.63, 3.8) is 0 Å². The maximum Gasteiger partial charge on any atom is 0.242 e. The third-order valence-electron chi connectivity index (χ3n) is 3.62. The van der Waals surface area contributed by atoms with Crippen molar-refractivity contribution < 1.29 is 8.42 Å². The Labute approximate surface area is 182 Å². The van der Waals surface area contributed by atoms with Crippen LogP contribution in [0, 0.1) is 0 Å². The van der Waals surface area contributed by atoms with Gasteiger partial charge in [0.15, 0.2) is 5.96 Å². The molecule has 0 aliphatic rings. The van der Waals surface area contributed by atoms with E-state index in [1.807, 2.05) is 0 Å². The Hall–Kier alpha value is -1.18. The van der Waals surface area contributed by atoms with Gasteiger partial charge in [-0.25, -0.2) is 18.1 Å². The zero-order chi connectivity index (χ0) is 19.2. The molecule has 11 heteroatoms. The van der Waals surface area contributed by atoms with Crippen LogP contribution in [-0.4, -0.2) is 44.1 Å². The van der Waals surface area contributed by atoms with Gasteiger partial charge in [0.1, 0.15) is 5.01 Å². The molecule has 2 heterocycles. The molecule has 0 radical (unpaired) electrons. The second-order valence-electron chi connectivity index (χ2n) is 6.08. The number of sulfonamides is 1.